The molecule has 0 N–H and O–H groups in total. The highest BCUT2D eigenvalue weighted by molar-refractivity contribution is 5.99. The van der Waals surface area contributed by atoms with E-state index in [-0.39, 0.29) is 0 Å². The number of carbonyl (C=O) groups is 1. The molecule has 0 aromatic rings. The molecule has 3 aliphatic carbocycles. The van der Waals surface area contributed by atoms with Crippen molar-refractivity contribution in [2.24, 2.45) is 17.8 Å². The first kappa shape index (κ1) is 8.70. The van der Waals surface area contributed by atoms with Crippen molar-refractivity contribution in [2.75, 3.05) is 0 Å². The van der Waals surface area contributed by atoms with Crippen molar-refractivity contribution in [3.8, 4) is 0 Å². The second-order valence-electron chi connectivity index (χ2n) is 5.12. The van der Waals surface area contributed by atoms with Crippen LogP contribution in [0.25, 0.3) is 0 Å². The second-order valence-corrected chi connectivity index (χ2v) is 5.12. The minimum Gasteiger partial charge on any atom is -0.294 e. The van der Waals surface area contributed by atoms with Gasteiger partial charge in [0.25, 0.3) is 0 Å². The maximum atomic E-state index is 12.1. The summed E-state index contributed by atoms with van der Waals surface area (Å²) in [6.45, 7) is 0. The van der Waals surface area contributed by atoms with Crippen LogP contribution < -0.4 is 0 Å². The number of ketones is 1. The van der Waals surface area contributed by atoms with E-state index in [1.807, 2.05) is 0 Å². The van der Waals surface area contributed by atoms with Crippen LogP contribution >= 0.6 is 0 Å². The molecule has 0 amide bonds. The summed E-state index contributed by atoms with van der Waals surface area (Å²) in [7, 11) is 0. The zero-order valence-electron chi connectivity index (χ0n) is 8.67. The average molecular weight is 190 g/mol. The molecule has 1 nitrogen and oxygen atoms in total. The van der Waals surface area contributed by atoms with E-state index in [4.69, 9.17) is 0 Å². The lowest BCUT2D eigenvalue weighted by molar-refractivity contribution is -0.117. The predicted octanol–water partition coefficient (Wildman–Crippen LogP) is 3.10. The van der Waals surface area contributed by atoms with E-state index >= 15 is 0 Å². The van der Waals surface area contributed by atoms with E-state index in [1.54, 1.807) is 0 Å². The zero-order chi connectivity index (χ0) is 9.54. The van der Waals surface area contributed by atoms with Crippen LogP contribution in [0.1, 0.15) is 44.9 Å². The zero-order valence-corrected chi connectivity index (χ0v) is 8.67. The molecule has 2 unspecified atom stereocenters. The molecule has 0 spiro atoms. The maximum absolute atomic E-state index is 12.1. The maximum Gasteiger partial charge on any atom is 0.162 e. The summed E-state index contributed by atoms with van der Waals surface area (Å²) in [5, 5.41) is 0. The summed E-state index contributed by atoms with van der Waals surface area (Å²) < 4.78 is 0. The van der Waals surface area contributed by atoms with E-state index < -0.39 is 0 Å². The molecular weight excluding hydrogens is 172 g/mol. The first-order valence-electron chi connectivity index (χ1n) is 6.11. The van der Waals surface area contributed by atoms with E-state index in [2.05, 4.69) is 6.08 Å². The van der Waals surface area contributed by atoms with Gasteiger partial charge in [-0.2, -0.15) is 0 Å². The van der Waals surface area contributed by atoms with E-state index in [9.17, 15) is 4.79 Å². The van der Waals surface area contributed by atoms with Gasteiger partial charge in [-0.25, -0.2) is 0 Å². The molecule has 2 fully saturated rings. The molecule has 1 heteroatoms. The minimum absolute atomic E-state index is 0.460. The molecule has 0 aromatic heterocycles. The number of carbonyl (C=O) groups excluding carboxylic acids is 1. The molecule has 0 radical (unpaired) electrons. The van der Waals surface area contributed by atoms with Crippen molar-refractivity contribution in [1.29, 1.82) is 0 Å². The minimum atomic E-state index is 0.460. The number of Topliss-reactive ketones (excluding diaryl/α,β-unsaturated/α-hetero) is 1. The molecule has 0 saturated heterocycles. The highest BCUT2D eigenvalue weighted by atomic mass is 16.1. The molecule has 3 rings (SSSR count). The number of allylic oxidation sites excluding steroid dienone is 2. The largest absolute Gasteiger partial charge is 0.294 e. The number of hydrogen-bond donors (Lipinski definition) is 0. The van der Waals surface area contributed by atoms with Crippen LogP contribution in [0.2, 0.25) is 0 Å². The smallest absolute Gasteiger partial charge is 0.162 e. The fourth-order valence-electron chi connectivity index (χ4n) is 3.49. The van der Waals surface area contributed by atoms with Crippen LogP contribution in [0.3, 0.4) is 0 Å². The van der Waals surface area contributed by atoms with Gasteiger partial charge in [0.15, 0.2) is 5.78 Å². The molecule has 2 saturated carbocycles. The van der Waals surface area contributed by atoms with Crippen molar-refractivity contribution in [3.63, 3.8) is 0 Å². The van der Waals surface area contributed by atoms with Crippen LogP contribution in [0.4, 0.5) is 0 Å². The summed E-state index contributed by atoms with van der Waals surface area (Å²) in [4.78, 5) is 12.1. The Labute approximate surface area is 85.6 Å². The second kappa shape index (κ2) is 3.22. The summed E-state index contributed by atoms with van der Waals surface area (Å²) in [6.07, 6.45) is 11.0. The van der Waals surface area contributed by atoms with Crippen molar-refractivity contribution in [3.05, 3.63) is 11.6 Å². The normalized spacial score (nSPS) is 40.3. The Morgan fingerprint density at radius 1 is 1.14 bits per heavy atom. The quantitative estimate of drug-likeness (QED) is 0.654. The Bertz CT molecular complexity index is 278. The van der Waals surface area contributed by atoms with Crippen molar-refractivity contribution >= 4 is 5.78 Å². The van der Waals surface area contributed by atoms with Crippen LogP contribution in [-0.4, -0.2) is 5.78 Å². The monoisotopic (exact) mass is 190 g/mol. The Morgan fingerprint density at radius 2 is 1.86 bits per heavy atom. The van der Waals surface area contributed by atoms with Gasteiger partial charge in [-0.05, 0) is 49.5 Å². The van der Waals surface area contributed by atoms with Crippen LogP contribution in [0, 0.1) is 17.8 Å². The highest BCUT2D eigenvalue weighted by Crippen LogP contribution is 2.56. The van der Waals surface area contributed by atoms with Gasteiger partial charge in [0.2, 0.25) is 0 Å². The number of rotatable bonds is 2. The van der Waals surface area contributed by atoms with Gasteiger partial charge in [-0.15, -0.1) is 0 Å². The van der Waals surface area contributed by atoms with Crippen molar-refractivity contribution < 1.29 is 4.79 Å². The molecule has 0 heterocycles. The van der Waals surface area contributed by atoms with Gasteiger partial charge in [0, 0.05) is 5.92 Å². The van der Waals surface area contributed by atoms with Gasteiger partial charge in [0.05, 0.1) is 0 Å². The molecule has 14 heavy (non-hydrogen) atoms. The summed E-state index contributed by atoms with van der Waals surface area (Å²) >= 11 is 0. The summed E-state index contributed by atoms with van der Waals surface area (Å²) in [5.74, 6) is 2.57. The Kier molecular flexibility index (Phi) is 2.00. The lowest BCUT2D eigenvalue weighted by Crippen LogP contribution is -2.05. The van der Waals surface area contributed by atoms with Crippen LogP contribution in [-0.2, 0) is 4.79 Å². The van der Waals surface area contributed by atoms with E-state index in [1.165, 1.54) is 37.7 Å². The van der Waals surface area contributed by atoms with Gasteiger partial charge < -0.3 is 0 Å². The third-order valence-corrected chi connectivity index (χ3v) is 4.32. The fraction of sp³-hybridized carbons (Fsp3) is 0.769. The molecule has 2 atom stereocenters. The molecule has 3 aliphatic rings. The van der Waals surface area contributed by atoms with E-state index in [0.717, 1.165) is 24.7 Å². The summed E-state index contributed by atoms with van der Waals surface area (Å²) in [6, 6.07) is 0. The van der Waals surface area contributed by atoms with Crippen LogP contribution in [0.5, 0.6) is 0 Å². The topological polar surface area (TPSA) is 17.1 Å². The third-order valence-electron chi connectivity index (χ3n) is 4.32. The Balaban J connectivity index is 1.69. The summed E-state index contributed by atoms with van der Waals surface area (Å²) in [5.41, 5.74) is 1.17. The van der Waals surface area contributed by atoms with Crippen molar-refractivity contribution in [1.82, 2.24) is 0 Å². The molecular formula is C13H18O. The van der Waals surface area contributed by atoms with E-state index in [0.29, 0.717) is 11.7 Å². The SMILES string of the molecule is O=C(C1=CCCC1)C1C2CCCCC21. The Morgan fingerprint density at radius 3 is 2.43 bits per heavy atom. The molecule has 0 bridgehead atoms. The Hall–Kier alpha value is -0.590. The fourth-order valence-corrected chi connectivity index (χ4v) is 3.49. The lowest BCUT2D eigenvalue weighted by atomic mass is 10.0. The molecule has 0 aromatic carbocycles. The third kappa shape index (κ3) is 1.25. The van der Waals surface area contributed by atoms with Gasteiger partial charge >= 0.3 is 0 Å². The van der Waals surface area contributed by atoms with Gasteiger partial charge in [-0.3, -0.25) is 4.79 Å². The van der Waals surface area contributed by atoms with Crippen molar-refractivity contribution in [2.45, 2.75) is 44.9 Å². The number of fused-ring (bicyclic) bond motifs is 1. The van der Waals surface area contributed by atoms with Crippen LogP contribution in [0.15, 0.2) is 11.6 Å². The average Bonchev–Trinajstić information content (AvgIpc) is 2.70. The molecule has 76 valence electrons. The predicted molar refractivity (Wildman–Crippen MR) is 55.9 cm³/mol. The first-order chi connectivity index (χ1) is 6.88. The van der Waals surface area contributed by atoms with Gasteiger partial charge in [-0.1, -0.05) is 18.9 Å². The standard InChI is InChI=1S/C13H18O/c14-13(9-5-1-2-6-9)12-10-7-3-4-8-11(10)12/h5,10-12H,1-4,6-8H2. The highest BCUT2D eigenvalue weighted by Gasteiger charge is 2.54. The van der Waals surface area contributed by atoms with Gasteiger partial charge in [0.1, 0.15) is 0 Å². The molecule has 0 aliphatic heterocycles. The lowest BCUT2D eigenvalue weighted by Gasteiger charge is -2.04. The first-order valence-corrected chi connectivity index (χ1v) is 6.11. The number of hydrogen-bond acceptors (Lipinski definition) is 1.